The summed E-state index contributed by atoms with van der Waals surface area (Å²) in [5.41, 5.74) is 3.69. The number of hydrogen-bond acceptors (Lipinski definition) is 2. The van der Waals surface area contributed by atoms with Gasteiger partial charge in [0, 0.05) is 5.56 Å². The number of benzene rings is 2. The van der Waals surface area contributed by atoms with Crippen molar-refractivity contribution in [2.75, 3.05) is 0 Å². The number of carboxylic acid groups (broad SMARTS) is 1. The molecule has 1 aromatic heterocycles. The first kappa shape index (κ1) is 12.4. The van der Waals surface area contributed by atoms with Crippen LogP contribution in [0.25, 0.3) is 22.4 Å². The number of aryl methyl sites for hydroxylation is 1. The molecule has 100 valence electrons. The van der Waals surface area contributed by atoms with Crippen LogP contribution >= 0.6 is 0 Å². The second kappa shape index (κ2) is 4.81. The van der Waals surface area contributed by atoms with Crippen molar-refractivity contribution in [1.82, 2.24) is 9.55 Å². The molecule has 0 saturated carbocycles. The molecular weight excluding hydrogens is 252 g/mol. The monoisotopic (exact) mass is 266 g/mol. The van der Waals surface area contributed by atoms with Crippen molar-refractivity contribution >= 4 is 17.0 Å². The number of aliphatic carboxylic acids is 1. The number of carbonyl (C=O) groups is 1. The fourth-order valence-corrected chi connectivity index (χ4v) is 2.40. The van der Waals surface area contributed by atoms with Crippen LogP contribution in [-0.4, -0.2) is 20.6 Å². The lowest BCUT2D eigenvalue weighted by Crippen LogP contribution is -2.10. The Balaban J connectivity index is 2.29. The number of fused-ring (bicyclic) bond motifs is 1. The number of imidazole rings is 1. The molecule has 4 heteroatoms. The van der Waals surface area contributed by atoms with E-state index >= 15 is 0 Å². The van der Waals surface area contributed by atoms with Crippen LogP contribution in [0.2, 0.25) is 0 Å². The van der Waals surface area contributed by atoms with Crippen LogP contribution in [0.4, 0.5) is 0 Å². The van der Waals surface area contributed by atoms with Crippen molar-refractivity contribution in [3.63, 3.8) is 0 Å². The highest BCUT2D eigenvalue weighted by Crippen LogP contribution is 2.26. The Morgan fingerprint density at radius 3 is 2.60 bits per heavy atom. The van der Waals surface area contributed by atoms with Crippen LogP contribution in [0.1, 0.15) is 5.56 Å². The van der Waals surface area contributed by atoms with Crippen LogP contribution in [0.3, 0.4) is 0 Å². The molecule has 1 N–H and O–H groups in total. The molecule has 1 heterocycles. The molecule has 0 radical (unpaired) electrons. The molecule has 2 aromatic carbocycles. The van der Waals surface area contributed by atoms with Crippen molar-refractivity contribution < 1.29 is 9.90 Å². The van der Waals surface area contributed by atoms with Crippen molar-refractivity contribution in [1.29, 1.82) is 0 Å². The van der Waals surface area contributed by atoms with Gasteiger partial charge >= 0.3 is 5.97 Å². The molecule has 0 aliphatic heterocycles. The van der Waals surface area contributed by atoms with E-state index < -0.39 is 5.97 Å². The summed E-state index contributed by atoms with van der Waals surface area (Å²) in [6, 6.07) is 15.5. The Kier molecular flexibility index (Phi) is 2.99. The summed E-state index contributed by atoms with van der Waals surface area (Å²) in [5.74, 6) is -0.172. The predicted molar refractivity (Wildman–Crippen MR) is 77.5 cm³/mol. The van der Waals surface area contributed by atoms with E-state index in [0.717, 1.165) is 22.2 Å². The van der Waals surface area contributed by atoms with Gasteiger partial charge in [0.1, 0.15) is 12.4 Å². The quantitative estimate of drug-likeness (QED) is 0.792. The lowest BCUT2D eigenvalue weighted by molar-refractivity contribution is -0.137. The number of rotatable bonds is 3. The van der Waals surface area contributed by atoms with E-state index in [-0.39, 0.29) is 6.54 Å². The van der Waals surface area contributed by atoms with E-state index in [2.05, 4.69) is 4.98 Å². The fraction of sp³-hybridized carbons (Fsp3) is 0.125. The van der Waals surface area contributed by atoms with Crippen molar-refractivity contribution in [3.05, 3.63) is 54.1 Å². The summed E-state index contributed by atoms with van der Waals surface area (Å²) in [5, 5.41) is 9.14. The Morgan fingerprint density at radius 2 is 1.85 bits per heavy atom. The van der Waals surface area contributed by atoms with Gasteiger partial charge in [0.2, 0.25) is 0 Å². The average molecular weight is 266 g/mol. The van der Waals surface area contributed by atoms with Gasteiger partial charge in [-0.1, -0.05) is 36.4 Å². The van der Waals surface area contributed by atoms with Gasteiger partial charge in [-0.3, -0.25) is 4.79 Å². The van der Waals surface area contributed by atoms with E-state index in [1.807, 2.05) is 55.5 Å². The minimum absolute atomic E-state index is 0.0931. The molecular formula is C16H14N2O2. The fourth-order valence-electron chi connectivity index (χ4n) is 2.40. The molecule has 3 rings (SSSR count). The lowest BCUT2D eigenvalue weighted by Gasteiger charge is -2.08. The molecule has 0 aliphatic carbocycles. The van der Waals surface area contributed by atoms with Crippen LogP contribution in [-0.2, 0) is 11.3 Å². The maximum Gasteiger partial charge on any atom is 0.323 e. The molecule has 0 fully saturated rings. The molecule has 20 heavy (non-hydrogen) atoms. The molecule has 0 spiro atoms. The molecule has 0 amide bonds. The Bertz CT molecular complexity index is 790. The van der Waals surface area contributed by atoms with E-state index in [0.29, 0.717) is 5.82 Å². The zero-order chi connectivity index (χ0) is 14.1. The highest BCUT2D eigenvalue weighted by molar-refractivity contribution is 5.83. The average Bonchev–Trinajstić information content (AvgIpc) is 2.78. The van der Waals surface area contributed by atoms with Gasteiger partial charge in [-0.25, -0.2) is 4.98 Å². The zero-order valence-corrected chi connectivity index (χ0v) is 11.1. The van der Waals surface area contributed by atoms with Crippen LogP contribution in [0.5, 0.6) is 0 Å². The number of nitrogens with zero attached hydrogens (tertiary/aromatic N) is 2. The van der Waals surface area contributed by atoms with E-state index in [9.17, 15) is 4.79 Å². The van der Waals surface area contributed by atoms with E-state index in [1.165, 1.54) is 0 Å². The third-order valence-electron chi connectivity index (χ3n) is 3.33. The van der Waals surface area contributed by atoms with Crippen molar-refractivity contribution in [3.8, 4) is 11.4 Å². The summed E-state index contributed by atoms with van der Waals surface area (Å²) in [4.78, 5) is 15.7. The summed E-state index contributed by atoms with van der Waals surface area (Å²) in [6.45, 7) is 1.91. The number of para-hydroxylation sites is 2. The summed E-state index contributed by atoms with van der Waals surface area (Å²) >= 11 is 0. The summed E-state index contributed by atoms with van der Waals surface area (Å²) in [7, 11) is 0. The Labute approximate surface area is 116 Å². The van der Waals surface area contributed by atoms with Crippen LogP contribution < -0.4 is 0 Å². The Hall–Kier alpha value is -2.62. The third-order valence-corrected chi connectivity index (χ3v) is 3.33. The second-order valence-corrected chi connectivity index (χ2v) is 4.72. The van der Waals surface area contributed by atoms with E-state index in [1.54, 1.807) is 4.57 Å². The molecule has 3 aromatic rings. The van der Waals surface area contributed by atoms with Crippen LogP contribution in [0, 0.1) is 6.92 Å². The van der Waals surface area contributed by atoms with Gasteiger partial charge < -0.3 is 9.67 Å². The molecule has 0 bridgehead atoms. The Morgan fingerprint density at radius 1 is 1.15 bits per heavy atom. The first-order valence-corrected chi connectivity index (χ1v) is 6.40. The lowest BCUT2D eigenvalue weighted by atomic mass is 10.1. The molecule has 0 unspecified atom stereocenters. The molecule has 0 atom stereocenters. The largest absolute Gasteiger partial charge is 0.480 e. The first-order chi connectivity index (χ1) is 9.66. The summed E-state index contributed by atoms with van der Waals surface area (Å²) in [6.07, 6.45) is 0. The smallest absolute Gasteiger partial charge is 0.323 e. The minimum atomic E-state index is -0.872. The van der Waals surface area contributed by atoms with Crippen molar-refractivity contribution in [2.45, 2.75) is 13.5 Å². The molecule has 4 nitrogen and oxygen atoms in total. The normalized spacial score (nSPS) is 10.8. The number of hydrogen-bond donors (Lipinski definition) is 1. The highest BCUT2D eigenvalue weighted by atomic mass is 16.4. The van der Waals surface area contributed by atoms with Gasteiger partial charge in [0.05, 0.1) is 11.0 Å². The van der Waals surface area contributed by atoms with Gasteiger partial charge in [0.25, 0.3) is 0 Å². The topological polar surface area (TPSA) is 55.1 Å². The number of carboxylic acids is 1. The predicted octanol–water partition coefficient (Wildman–Crippen LogP) is 3.10. The summed E-state index contributed by atoms with van der Waals surface area (Å²) < 4.78 is 1.75. The first-order valence-electron chi connectivity index (χ1n) is 6.40. The van der Waals surface area contributed by atoms with Gasteiger partial charge in [-0.15, -0.1) is 0 Å². The minimum Gasteiger partial charge on any atom is -0.480 e. The highest BCUT2D eigenvalue weighted by Gasteiger charge is 2.15. The maximum atomic E-state index is 11.1. The van der Waals surface area contributed by atoms with Gasteiger partial charge in [-0.2, -0.15) is 0 Å². The maximum absolute atomic E-state index is 11.1. The zero-order valence-electron chi connectivity index (χ0n) is 11.1. The van der Waals surface area contributed by atoms with Gasteiger partial charge in [-0.05, 0) is 24.6 Å². The molecule has 0 saturated heterocycles. The number of aromatic nitrogens is 2. The van der Waals surface area contributed by atoms with Crippen LogP contribution in [0.15, 0.2) is 48.5 Å². The third kappa shape index (κ3) is 2.05. The standard InChI is InChI=1S/C16H14N2O2/c1-11-6-2-3-7-12(11)16-17-13-8-4-5-9-14(13)18(16)10-15(19)20/h2-9H,10H2,1H3,(H,19,20). The van der Waals surface area contributed by atoms with Gasteiger partial charge in [0.15, 0.2) is 0 Å². The SMILES string of the molecule is Cc1ccccc1-c1nc2ccccc2n1CC(=O)O. The molecule has 0 aliphatic rings. The second-order valence-electron chi connectivity index (χ2n) is 4.72. The van der Waals surface area contributed by atoms with E-state index in [4.69, 9.17) is 5.11 Å². The van der Waals surface area contributed by atoms with Crippen molar-refractivity contribution in [2.24, 2.45) is 0 Å².